The third kappa shape index (κ3) is 1.56. The summed E-state index contributed by atoms with van der Waals surface area (Å²) in [6, 6.07) is 5.99. The van der Waals surface area contributed by atoms with Gasteiger partial charge in [-0.2, -0.15) is 0 Å². The van der Waals surface area contributed by atoms with Gasteiger partial charge < -0.3 is 9.64 Å². The second-order valence-corrected chi connectivity index (χ2v) is 4.63. The third-order valence-electron chi connectivity index (χ3n) is 2.98. The fraction of sp³-hybridized carbons (Fsp3) is 0.462. The Hall–Kier alpha value is -1.51. The molecule has 16 heavy (non-hydrogen) atoms. The van der Waals surface area contributed by atoms with E-state index in [4.69, 9.17) is 4.74 Å². The van der Waals surface area contributed by atoms with E-state index in [1.807, 2.05) is 18.2 Å². The number of ether oxygens (including phenoxy) is 1. The summed E-state index contributed by atoms with van der Waals surface area (Å²) in [5.74, 6) is 0.788. The lowest BCUT2D eigenvalue weighted by molar-refractivity contribution is -0.132. The van der Waals surface area contributed by atoms with Crippen molar-refractivity contribution < 1.29 is 9.53 Å². The zero-order chi connectivity index (χ0) is 11.9. The number of hydrogen-bond acceptors (Lipinski definition) is 2. The molecule has 0 saturated carbocycles. The van der Waals surface area contributed by atoms with E-state index in [1.54, 1.807) is 25.8 Å². The van der Waals surface area contributed by atoms with Gasteiger partial charge in [-0.15, -0.1) is 0 Å². The highest BCUT2D eigenvalue weighted by molar-refractivity contribution is 6.01. The minimum atomic E-state index is -0.770. The van der Waals surface area contributed by atoms with E-state index in [0.29, 0.717) is 0 Å². The van der Waals surface area contributed by atoms with Gasteiger partial charge in [-0.1, -0.05) is 13.0 Å². The maximum Gasteiger partial charge on any atom is 0.270 e. The molecule has 3 nitrogen and oxygen atoms in total. The highest BCUT2D eigenvalue weighted by atomic mass is 16.5. The first-order chi connectivity index (χ1) is 7.45. The van der Waals surface area contributed by atoms with E-state index < -0.39 is 5.60 Å². The Morgan fingerprint density at radius 3 is 2.69 bits per heavy atom. The molecule has 86 valence electrons. The second kappa shape index (κ2) is 3.51. The SMILES string of the molecule is CCc1ccc2c(c1)OC(C)(C)C(=O)N2C. The third-order valence-corrected chi connectivity index (χ3v) is 2.98. The summed E-state index contributed by atoms with van der Waals surface area (Å²) in [6.45, 7) is 5.70. The molecule has 1 aliphatic rings. The van der Waals surface area contributed by atoms with Crippen LogP contribution >= 0.6 is 0 Å². The summed E-state index contributed by atoms with van der Waals surface area (Å²) in [4.78, 5) is 13.6. The molecule has 0 saturated heterocycles. The molecular weight excluding hydrogens is 202 g/mol. The molecule has 1 aromatic rings. The van der Waals surface area contributed by atoms with Crippen molar-refractivity contribution in [3.05, 3.63) is 23.8 Å². The largest absolute Gasteiger partial charge is 0.476 e. The van der Waals surface area contributed by atoms with Gasteiger partial charge in [0, 0.05) is 7.05 Å². The van der Waals surface area contributed by atoms with Crippen LogP contribution in [-0.2, 0) is 11.2 Å². The van der Waals surface area contributed by atoms with Gasteiger partial charge in [0.25, 0.3) is 5.91 Å². The number of nitrogens with zero attached hydrogens (tertiary/aromatic N) is 1. The Labute approximate surface area is 96.0 Å². The Kier molecular flexibility index (Phi) is 2.41. The van der Waals surface area contributed by atoms with Gasteiger partial charge in [0.05, 0.1) is 5.69 Å². The predicted molar refractivity (Wildman–Crippen MR) is 63.9 cm³/mol. The monoisotopic (exact) mass is 219 g/mol. The Morgan fingerprint density at radius 2 is 2.06 bits per heavy atom. The molecule has 0 unspecified atom stereocenters. The van der Waals surface area contributed by atoms with Crippen molar-refractivity contribution in [2.45, 2.75) is 32.8 Å². The lowest BCUT2D eigenvalue weighted by atomic mass is 10.0. The number of carbonyl (C=O) groups excluding carboxylic acids is 1. The van der Waals surface area contributed by atoms with Gasteiger partial charge in [0.15, 0.2) is 5.60 Å². The van der Waals surface area contributed by atoms with E-state index in [0.717, 1.165) is 17.9 Å². The van der Waals surface area contributed by atoms with Crippen molar-refractivity contribution in [2.75, 3.05) is 11.9 Å². The molecule has 1 amide bonds. The highest BCUT2D eigenvalue weighted by Gasteiger charge is 2.39. The van der Waals surface area contributed by atoms with Gasteiger partial charge in [0.1, 0.15) is 5.75 Å². The molecule has 0 radical (unpaired) electrons. The van der Waals surface area contributed by atoms with E-state index in [2.05, 4.69) is 6.92 Å². The molecule has 0 N–H and O–H groups in total. The number of carbonyl (C=O) groups is 1. The first-order valence-corrected chi connectivity index (χ1v) is 5.56. The number of likely N-dealkylation sites (N-methyl/N-ethyl adjacent to an activating group) is 1. The van der Waals surface area contributed by atoms with Crippen molar-refractivity contribution in [3.8, 4) is 5.75 Å². The fourth-order valence-corrected chi connectivity index (χ4v) is 1.97. The lowest BCUT2D eigenvalue weighted by Crippen LogP contribution is -2.50. The number of aryl methyl sites for hydroxylation is 1. The van der Waals surface area contributed by atoms with Gasteiger partial charge in [-0.05, 0) is 38.0 Å². The molecule has 1 aromatic carbocycles. The van der Waals surface area contributed by atoms with Crippen LogP contribution in [0.25, 0.3) is 0 Å². The average molecular weight is 219 g/mol. The number of rotatable bonds is 1. The molecule has 0 fully saturated rings. The molecule has 3 heteroatoms. The van der Waals surface area contributed by atoms with Crippen LogP contribution in [-0.4, -0.2) is 18.6 Å². The fourth-order valence-electron chi connectivity index (χ4n) is 1.97. The number of anilines is 1. The second-order valence-electron chi connectivity index (χ2n) is 4.63. The predicted octanol–water partition coefficient (Wildman–Crippen LogP) is 2.38. The van der Waals surface area contributed by atoms with Crippen LogP contribution in [0, 0.1) is 0 Å². The summed E-state index contributed by atoms with van der Waals surface area (Å²) >= 11 is 0. The van der Waals surface area contributed by atoms with E-state index in [1.165, 1.54) is 5.56 Å². The Morgan fingerprint density at radius 1 is 1.38 bits per heavy atom. The van der Waals surface area contributed by atoms with Crippen LogP contribution in [0.2, 0.25) is 0 Å². The van der Waals surface area contributed by atoms with E-state index in [-0.39, 0.29) is 5.91 Å². The molecule has 1 aliphatic heterocycles. The minimum absolute atomic E-state index is 0.00996. The summed E-state index contributed by atoms with van der Waals surface area (Å²) in [7, 11) is 1.79. The van der Waals surface area contributed by atoms with E-state index >= 15 is 0 Å². The Balaban J connectivity index is 2.51. The van der Waals surface area contributed by atoms with Crippen molar-refractivity contribution in [2.24, 2.45) is 0 Å². The summed E-state index contributed by atoms with van der Waals surface area (Å²) < 4.78 is 5.75. The number of benzene rings is 1. The van der Waals surface area contributed by atoms with Crippen molar-refractivity contribution >= 4 is 11.6 Å². The van der Waals surface area contributed by atoms with Gasteiger partial charge in [-0.3, -0.25) is 4.79 Å². The Bertz CT molecular complexity index is 438. The average Bonchev–Trinajstić information content (AvgIpc) is 2.25. The molecule has 0 aliphatic carbocycles. The molecule has 0 spiro atoms. The quantitative estimate of drug-likeness (QED) is 0.725. The number of amides is 1. The summed E-state index contributed by atoms with van der Waals surface area (Å²) in [5, 5.41) is 0. The number of hydrogen-bond donors (Lipinski definition) is 0. The molecule has 2 rings (SSSR count). The zero-order valence-corrected chi connectivity index (χ0v) is 10.2. The summed E-state index contributed by atoms with van der Waals surface area (Å²) in [6.07, 6.45) is 0.967. The smallest absolute Gasteiger partial charge is 0.270 e. The van der Waals surface area contributed by atoms with Crippen LogP contribution in [0.3, 0.4) is 0 Å². The maximum atomic E-state index is 12.0. The number of fused-ring (bicyclic) bond motifs is 1. The van der Waals surface area contributed by atoms with Crippen LogP contribution in [0.4, 0.5) is 5.69 Å². The van der Waals surface area contributed by atoms with Gasteiger partial charge in [0.2, 0.25) is 0 Å². The molecular formula is C13H17NO2. The molecule has 0 bridgehead atoms. The van der Waals surface area contributed by atoms with Crippen LogP contribution < -0.4 is 9.64 Å². The molecule has 0 atom stereocenters. The van der Waals surface area contributed by atoms with Crippen molar-refractivity contribution in [1.29, 1.82) is 0 Å². The van der Waals surface area contributed by atoms with Crippen molar-refractivity contribution in [3.63, 3.8) is 0 Å². The lowest BCUT2D eigenvalue weighted by Gasteiger charge is -2.37. The molecule has 0 aromatic heterocycles. The minimum Gasteiger partial charge on any atom is -0.476 e. The standard InChI is InChI=1S/C13H17NO2/c1-5-9-6-7-10-11(8-9)16-13(2,3)12(15)14(10)4/h6-8H,5H2,1-4H3. The van der Waals surface area contributed by atoms with Crippen LogP contribution in [0.1, 0.15) is 26.3 Å². The zero-order valence-electron chi connectivity index (χ0n) is 10.2. The first kappa shape index (κ1) is 11.0. The van der Waals surface area contributed by atoms with Gasteiger partial charge >= 0.3 is 0 Å². The van der Waals surface area contributed by atoms with Gasteiger partial charge in [-0.25, -0.2) is 0 Å². The van der Waals surface area contributed by atoms with E-state index in [9.17, 15) is 4.79 Å². The first-order valence-electron chi connectivity index (χ1n) is 5.56. The van der Waals surface area contributed by atoms with Crippen molar-refractivity contribution in [1.82, 2.24) is 0 Å². The van der Waals surface area contributed by atoms with Crippen LogP contribution in [0.5, 0.6) is 5.75 Å². The normalized spacial score (nSPS) is 18.0. The topological polar surface area (TPSA) is 29.5 Å². The molecule has 1 heterocycles. The summed E-state index contributed by atoms with van der Waals surface area (Å²) in [5.41, 5.74) is 1.30. The maximum absolute atomic E-state index is 12.0. The highest BCUT2D eigenvalue weighted by Crippen LogP contribution is 2.37. The van der Waals surface area contributed by atoms with Crippen LogP contribution in [0.15, 0.2) is 18.2 Å².